The fraction of sp³-hybridized carbons (Fsp3) is 0.294. The Morgan fingerprint density at radius 1 is 1.12 bits per heavy atom. The molecular weight excluding hydrogens is 376 g/mol. The monoisotopic (exact) mass is 394 g/mol. The number of aromatic nitrogens is 1. The van der Waals surface area contributed by atoms with Crippen LogP contribution in [0.5, 0.6) is 17.4 Å². The molecule has 1 aromatic carbocycles. The van der Waals surface area contributed by atoms with Crippen molar-refractivity contribution in [2.75, 3.05) is 27.9 Å². The van der Waals surface area contributed by atoms with E-state index in [-0.39, 0.29) is 5.91 Å². The lowest BCUT2D eigenvalue weighted by Crippen LogP contribution is -2.25. The fourth-order valence-electron chi connectivity index (χ4n) is 2.14. The van der Waals surface area contributed by atoms with Crippen LogP contribution in [0.3, 0.4) is 0 Å². The van der Waals surface area contributed by atoms with Crippen LogP contribution in [0.15, 0.2) is 34.9 Å². The molecule has 0 atom stereocenters. The van der Waals surface area contributed by atoms with Gasteiger partial charge in [0.25, 0.3) is 5.91 Å². The third kappa shape index (κ3) is 4.38. The number of carbonyl (C=O) groups is 1. The normalized spacial score (nSPS) is 10.2. The Bertz CT molecular complexity index is 704. The summed E-state index contributed by atoms with van der Waals surface area (Å²) in [4.78, 5) is 16.1. The molecule has 2 rings (SSSR count). The quantitative estimate of drug-likeness (QED) is 0.781. The van der Waals surface area contributed by atoms with Gasteiger partial charge in [-0.15, -0.1) is 0 Å². The number of nitrogens with one attached hydrogen (secondary N) is 1. The number of benzene rings is 1. The number of hydrogen-bond donors (Lipinski definition) is 1. The van der Waals surface area contributed by atoms with E-state index in [1.807, 2.05) is 12.1 Å². The highest BCUT2D eigenvalue weighted by Crippen LogP contribution is 2.33. The molecule has 0 spiro atoms. The van der Waals surface area contributed by atoms with E-state index in [1.54, 1.807) is 26.4 Å². The van der Waals surface area contributed by atoms with Gasteiger partial charge in [-0.25, -0.2) is 4.98 Å². The van der Waals surface area contributed by atoms with Crippen molar-refractivity contribution in [2.24, 2.45) is 0 Å². The maximum atomic E-state index is 12.1. The number of amides is 1. The predicted octanol–water partition coefficient (Wildman–Crippen LogP) is 2.84. The summed E-state index contributed by atoms with van der Waals surface area (Å²) in [6, 6.07) is 7.07. The van der Waals surface area contributed by atoms with Gasteiger partial charge in [-0.1, -0.05) is 15.9 Å². The number of nitrogens with zero attached hydrogens (tertiary/aromatic N) is 1. The van der Waals surface area contributed by atoms with Gasteiger partial charge in [0.15, 0.2) is 11.5 Å². The zero-order valence-electron chi connectivity index (χ0n) is 13.8. The summed E-state index contributed by atoms with van der Waals surface area (Å²) in [7, 11) is 4.71. The minimum absolute atomic E-state index is 0.179. The van der Waals surface area contributed by atoms with E-state index in [1.165, 1.54) is 13.3 Å². The van der Waals surface area contributed by atoms with Crippen molar-refractivity contribution in [3.63, 3.8) is 0 Å². The first-order valence-electron chi connectivity index (χ1n) is 7.27. The Labute approximate surface area is 149 Å². The number of rotatable bonds is 7. The smallest absolute Gasteiger partial charge is 0.252 e. The molecule has 0 aliphatic heterocycles. The van der Waals surface area contributed by atoms with E-state index in [4.69, 9.17) is 14.2 Å². The minimum Gasteiger partial charge on any atom is -0.493 e. The lowest BCUT2D eigenvalue weighted by Gasteiger charge is -2.12. The average molecular weight is 395 g/mol. The lowest BCUT2D eigenvalue weighted by atomic mass is 10.1. The third-order valence-corrected chi connectivity index (χ3v) is 4.18. The zero-order chi connectivity index (χ0) is 17.5. The molecule has 1 amide bonds. The largest absolute Gasteiger partial charge is 0.493 e. The summed E-state index contributed by atoms with van der Waals surface area (Å²) in [6.07, 6.45) is 2.14. The van der Waals surface area contributed by atoms with Crippen molar-refractivity contribution < 1.29 is 19.0 Å². The summed E-state index contributed by atoms with van der Waals surface area (Å²) >= 11 is 3.51. The third-order valence-electron chi connectivity index (χ3n) is 3.44. The first-order chi connectivity index (χ1) is 11.6. The average Bonchev–Trinajstić information content (AvgIpc) is 2.62. The van der Waals surface area contributed by atoms with E-state index in [0.29, 0.717) is 35.9 Å². The Morgan fingerprint density at radius 2 is 1.83 bits per heavy atom. The number of carbonyl (C=O) groups excluding carboxylic acids is 1. The van der Waals surface area contributed by atoms with Crippen LogP contribution in [0, 0.1) is 0 Å². The van der Waals surface area contributed by atoms with Crippen LogP contribution >= 0.6 is 15.9 Å². The van der Waals surface area contributed by atoms with Gasteiger partial charge in [-0.3, -0.25) is 4.79 Å². The second-order valence-corrected chi connectivity index (χ2v) is 5.75. The molecule has 0 bridgehead atoms. The van der Waals surface area contributed by atoms with Gasteiger partial charge in [0.05, 0.1) is 26.9 Å². The second-order valence-electron chi connectivity index (χ2n) is 4.89. The van der Waals surface area contributed by atoms with Gasteiger partial charge >= 0.3 is 0 Å². The van der Waals surface area contributed by atoms with Crippen LogP contribution in [-0.4, -0.2) is 38.8 Å². The van der Waals surface area contributed by atoms with Gasteiger partial charge < -0.3 is 19.5 Å². The van der Waals surface area contributed by atoms with Crippen LogP contribution < -0.4 is 19.5 Å². The Kier molecular flexibility index (Phi) is 6.43. The number of methoxy groups -OCH3 is 3. The van der Waals surface area contributed by atoms with E-state index in [9.17, 15) is 4.79 Å². The Hall–Kier alpha value is -2.28. The molecule has 0 unspecified atom stereocenters. The van der Waals surface area contributed by atoms with Crippen LogP contribution in [0.2, 0.25) is 0 Å². The molecule has 1 aromatic heterocycles. The van der Waals surface area contributed by atoms with E-state index in [0.717, 1.165) is 10.0 Å². The van der Waals surface area contributed by atoms with Gasteiger partial charge in [0.1, 0.15) is 0 Å². The number of ether oxygens (including phenoxy) is 3. The molecule has 0 saturated carbocycles. The molecular formula is C17H19BrN2O4. The van der Waals surface area contributed by atoms with E-state index < -0.39 is 0 Å². The van der Waals surface area contributed by atoms with Crippen LogP contribution in [0.4, 0.5) is 0 Å². The van der Waals surface area contributed by atoms with Crippen molar-refractivity contribution in [3.05, 3.63) is 46.1 Å². The molecule has 1 heterocycles. The minimum atomic E-state index is -0.179. The highest BCUT2D eigenvalue weighted by molar-refractivity contribution is 9.10. The molecule has 0 saturated heterocycles. The van der Waals surface area contributed by atoms with Crippen molar-refractivity contribution in [2.45, 2.75) is 6.42 Å². The maximum Gasteiger partial charge on any atom is 0.252 e. The van der Waals surface area contributed by atoms with Gasteiger partial charge in [0, 0.05) is 23.3 Å². The van der Waals surface area contributed by atoms with Crippen molar-refractivity contribution in [3.8, 4) is 17.4 Å². The van der Waals surface area contributed by atoms with Crippen LogP contribution in [0.25, 0.3) is 0 Å². The molecule has 24 heavy (non-hydrogen) atoms. The summed E-state index contributed by atoms with van der Waals surface area (Å²) in [6.45, 7) is 0.485. The molecule has 0 aliphatic carbocycles. The second kappa shape index (κ2) is 8.54. The predicted molar refractivity (Wildman–Crippen MR) is 94.1 cm³/mol. The Balaban J connectivity index is 1.97. The summed E-state index contributed by atoms with van der Waals surface area (Å²) in [5.41, 5.74) is 1.50. The molecule has 0 fully saturated rings. The molecule has 6 nitrogen and oxygen atoms in total. The number of hydrogen-bond acceptors (Lipinski definition) is 5. The van der Waals surface area contributed by atoms with Crippen LogP contribution in [0.1, 0.15) is 15.9 Å². The highest BCUT2D eigenvalue weighted by Gasteiger charge is 2.11. The number of halogens is 1. The number of pyridine rings is 1. The first kappa shape index (κ1) is 18.1. The summed E-state index contributed by atoms with van der Waals surface area (Å²) in [5, 5.41) is 2.87. The SMILES string of the molecule is COc1ccc(C(=O)NCCc2cc(OC)c(OC)cc2Br)cn1. The molecule has 2 aromatic rings. The summed E-state index contributed by atoms with van der Waals surface area (Å²) < 4.78 is 16.4. The van der Waals surface area contributed by atoms with Crippen molar-refractivity contribution in [1.29, 1.82) is 0 Å². The maximum absolute atomic E-state index is 12.1. The van der Waals surface area contributed by atoms with E-state index >= 15 is 0 Å². The zero-order valence-corrected chi connectivity index (χ0v) is 15.3. The highest BCUT2D eigenvalue weighted by atomic mass is 79.9. The Morgan fingerprint density at radius 3 is 2.42 bits per heavy atom. The van der Waals surface area contributed by atoms with Gasteiger partial charge in [-0.05, 0) is 30.2 Å². The molecule has 128 valence electrons. The fourth-order valence-corrected chi connectivity index (χ4v) is 2.66. The molecule has 0 radical (unpaired) electrons. The summed E-state index contributed by atoms with van der Waals surface area (Å²) in [5.74, 6) is 1.60. The molecule has 7 heteroatoms. The van der Waals surface area contributed by atoms with E-state index in [2.05, 4.69) is 26.2 Å². The first-order valence-corrected chi connectivity index (χ1v) is 8.07. The topological polar surface area (TPSA) is 69.7 Å². The van der Waals surface area contributed by atoms with Crippen molar-refractivity contribution in [1.82, 2.24) is 10.3 Å². The van der Waals surface area contributed by atoms with Crippen LogP contribution in [-0.2, 0) is 6.42 Å². The molecule has 1 N–H and O–H groups in total. The standard InChI is InChI=1S/C17H19BrN2O4/c1-22-14-8-11(13(18)9-15(14)23-2)6-7-19-17(21)12-4-5-16(24-3)20-10-12/h4-5,8-10H,6-7H2,1-3H3,(H,19,21). The lowest BCUT2D eigenvalue weighted by molar-refractivity contribution is 0.0953. The van der Waals surface area contributed by atoms with Gasteiger partial charge in [-0.2, -0.15) is 0 Å². The molecule has 0 aliphatic rings. The van der Waals surface area contributed by atoms with Crippen molar-refractivity contribution >= 4 is 21.8 Å². The van der Waals surface area contributed by atoms with Gasteiger partial charge in [0.2, 0.25) is 5.88 Å².